The van der Waals surface area contributed by atoms with Crippen molar-refractivity contribution in [3.8, 4) is 0 Å². The lowest BCUT2D eigenvalue weighted by Gasteiger charge is -2.26. The maximum absolute atomic E-state index is 12.4. The monoisotopic (exact) mass is 299 g/mol. The molecule has 114 valence electrons. The van der Waals surface area contributed by atoms with Crippen molar-refractivity contribution in [2.45, 2.75) is 20.0 Å². The summed E-state index contributed by atoms with van der Waals surface area (Å²) >= 11 is 0. The predicted octanol–water partition coefficient (Wildman–Crippen LogP) is 2.46. The van der Waals surface area contributed by atoms with E-state index in [9.17, 15) is 9.59 Å². The molecule has 0 radical (unpaired) electrons. The third kappa shape index (κ3) is 2.47. The molecule has 6 nitrogen and oxygen atoms in total. The fraction of sp³-hybridized carbons (Fsp3) is 0.312. The van der Waals surface area contributed by atoms with Crippen LogP contribution in [0.5, 0.6) is 0 Å². The summed E-state index contributed by atoms with van der Waals surface area (Å²) in [5, 5.41) is 4.24. The number of ketones is 1. The third-order valence-electron chi connectivity index (χ3n) is 3.71. The summed E-state index contributed by atoms with van der Waals surface area (Å²) in [6.45, 7) is 2.30. The number of carbonyl (C=O) groups excluding carboxylic acids is 2. The SMILES string of the molecule is Cc1nn(C)c2c1C(=O)CCN2C(=O)OCc1ccccc1. The van der Waals surface area contributed by atoms with Crippen LogP contribution in [0.3, 0.4) is 0 Å². The van der Waals surface area contributed by atoms with E-state index in [1.54, 1.807) is 18.7 Å². The number of amides is 1. The van der Waals surface area contributed by atoms with Gasteiger partial charge in [-0.3, -0.25) is 14.4 Å². The van der Waals surface area contributed by atoms with Gasteiger partial charge in [0.25, 0.3) is 0 Å². The van der Waals surface area contributed by atoms with Gasteiger partial charge in [0.15, 0.2) is 5.78 Å². The lowest BCUT2D eigenvalue weighted by Crippen LogP contribution is -2.38. The molecule has 6 heteroatoms. The van der Waals surface area contributed by atoms with Gasteiger partial charge in [-0.25, -0.2) is 4.79 Å². The number of benzene rings is 1. The van der Waals surface area contributed by atoms with E-state index in [4.69, 9.17) is 4.74 Å². The molecule has 1 amide bonds. The number of nitrogens with zero attached hydrogens (tertiary/aromatic N) is 3. The number of carbonyl (C=O) groups is 2. The number of aryl methyl sites for hydroxylation is 2. The Labute approximate surface area is 128 Å². The van der Waals surface area contributed by atoms with Crippen molar-refractivity contribution < 1.29 is 14.3 Å². The normalized spacial score (nSPS) is 13.9. The summed E-state index contributed by atoms with van der Waals surface area (Å²) in [7, 11) is 1.72. The molecule has 1 aliphatic heterocycles. The Hall–Kier alpha value is -2.63. The highest BCUT2D eigenvalue weighted by Crippen LogP contribution is 2.29. The van der Waals surface area contributed by atoms with E-state index in [-0.39, 0.29) is 12.4 Å². The number of ether oxygens (including phenoxy) is 1. The summed E-state index contributed by atoms with van der Waals surface area (Å²) in [5.41, 5.74) is 2.08. The molecule has 0 spiro atoms. The molecule has 0 aliphatic carbocycles. The van der Waals surface area contributed by atoms with Crippen LogP contribution in [-0.2, 0) is 18.4 Å². The van der Waals surface area contributed by atoms with E-state index in [1.807, 2.05) is 30.3 Å². The minimum Gasteiger partial charge on any atom is -0.444 e. The van der Waals surface area contributed by atoms with Crippen molar-refractivity contribution in [1.29, 1.82) is 0 Å². The largest absolute Gasteiger partial charge is 0.444 e. The summed E-state index contributed by atoms with van der Waals surface area (Å²) in [6.07, 6.45) is -0.166. The number of Topliss-reactive ketones (excluding diaryl/α,β-unsaturated/α-hetero) is 1. The molecule has 0 fully saturated rings. The van der Waals surface area contributed by atoms with Gasteiger partial charge in [0, 0.05) is 20.0 Å². The zero-order valence-corrected chi connectivity index (χ0v) is 12.6. The van der Waals surface area contributed by atoms with Crippen LogP contribution in [0.15, 0.2) is 30.3 Å². The molecule has 22 heavy (non-hydrogen) atoms. The quantitative estimate of drug-likeness (QED) is 0.854. The first-order valence-electron chi connectivity index (χ1n) is 7.13. The average molecular weight is 299 g/mol. The predicted molar refractivity (Wildman–Crippen MR) is 80.9 cm³/mol. The fourth-order valence-electron chi connectivity index (χ4n) is 2.70. The number of aromatic nitrogens is 2. The van der Waals surface area contributed by atoms with Crippen molar-refractivity contribution in [2.75, 3.05) is 11.4 Å². The molecule has 1 aromatic heterocycles. The van der Waals surface area contributed by atoms with Crippen LogP contribution >= 0.6 is 0 Å². The number of hydrogen-bond acceptors (Lipinski definition) is 4. The topological polar surface area (TPSA) is 64.4 Å². The number of anilines is 1. The Kier molecular flexibility index (Phi) is 3.66. The second-order valence-electron chi connectivity index (χ2n) is 5.27. The van der Waals surface area contributed by atoms with E-state index in [0.29, 0.717) is 30.0 Å². The van der Waals surface area contributed by atoms with Gasteiger partial charge in [0.1, 0.15) is 12.4 Å². The molecule has 0 N–H and O–H groups in total. The summed E-state index contributed by atoms with van der Waals surface area (Å²) < 4.78 is 6.92. The molecule has 0 bridgehead atoms. The summed E-state index contributed by atoms with van der Waals surface area (Å²) in [5.74, 6) is 0.541. The molecular formula is C16H17N3O3. The molecule has 1 aromatic carbocycles. The van der Waals surface area contributed by atoms with Crippen LogP contribution in [0.2, 0.25) is 0 Å². The van der Waals surface area contributed by atoms with Crippen LogP contribution in [-0.4, -0.2) is 28.2 Å². The Balaban J connectivity index is 1.80. The zero-order valence-electron chi connectivity index (χ0n) is 12.6. The molecule has 0 saturated heterocycles. The van der Waals surface area contributed by atoms with Crippen LogP contribution in [0.1, 0.15) is 28.0 Å². The standard InChI is InChI=1S/C16H17N3O3/c1-11-14-13(20)8-9-19(15(14)18(2)17-11)16(21)22-10-12-6-4-3-5-7-12/h3-7H,8-10H2,1-2H3. The highest BCUT2D eigenvalue weighted by molar-refractivity contribution is 6.07. The van der Waals surface area contributed by atoms with Gasteiger partial charge in [-0.2, -0.15) is 5.10 Å². The Bertz CT molecular complexity index is 722. The molecular weight excluding hydrogens is 282 g/mol. The van der Waals surface area contributed by atoms with E-state index in [2.05, 4.69) is 5.10 Å². The van der Waals surface area contributed by atoms with Crippen molar-refractivity contribution in [3.05, 3.63) is 47.2 Å². The molecule has 3 rings (SSSR count). The fourth-order valence-corrected chi connectivity index (χ4v) is 2.70. The first-order chi connectivity index (χ1) is 10.6. The molecule has 2 heterocycles. The number of fused-ring (bicyclic) bond motifs is 1. The van der Waals surface area contributed by atoms with E-state index < -0.39 is 6.09 Å². The molecule has 0 saturated carbocycles. The van der Waals surface area contributed by atoms with Gasteiger partial charge in [0.2, 0.25) is 0 Å². The lowest BCUT2D eigenvalue weighted by atomic mass is 10.0. The van der Waals surface area contributed by atoms with Gasteiger partial charge < -0.3 is 4.74 Å². The molecule has 0 atom stereocenters. The summed E-state index contributed by atoms with van der Waals surface area (Å²) in [6, 6.07) is 9.49. The minimum atomic E-state index is -0.458. The van der Waals surface area contributed by atoms with Crippen molar-refractivity contribution in [2.24, 2.45) is 7.05 Å². The van der Waals surface area contributed by atoms with Gasteiger partial charge in [-0.15, -0.1) is 0 Å². The van der Waals surface area contributed by atoms with Gasteiger partial charge in [0.05, 0.1) is 11.3 Å². The second kappa shape index (κ2) is 5.63. The third-order valence-corrected chi connectivity index (χ3v) is 3.71. The van der Waals surface area contributed by atoms with E-state index >= 15 is 0 Å². The molecule has 1 aliphatic rings. The van der Waals surface area contributed by atoms with Crippen molar-refractivity contribution >= 4 is 17.7 Å². The van der Waals surface area contributed by atoms with Gasteiger partial charge in [-0.1, -0.05) is 30.3 Å². The first-order valence-corrected chi connectivity index (χ1v) is 7.13. The average Bonchev–Trinajstić information content (AvgIpc) is 2.82. The van der Waals surface area contributed by atoms with Crippen LogP contribution in [0.4, 0.5) is 10.6 Å². The van der Waals surface area contributed by atoms with E-state index in [1.165, 1.54) is 4.90 Å². The van der Waals surface area contributed by atoms with Crippen LogP contribution in [0, 0.1) is 6.92 Å². The first kappa shape index (κ1) is 14.3. The Morgan fingerprint density at radius 1 is 1.32 bits per heavy atom. The Morgan fingerprint density at radius 3 is 2.77 bits per heavy atom. The Morgan fingerprint density at radius 2 is 2.05 bits per heavy atom. The lowest BCUT2D eigenvalue weighted by molar-refractivity contribution is 0.0976. The van der Waals surface area contributed by atoms with E-state index in [0.717, 1.165) is 5.56 Å². The highest BCUT2D eigenvalue weighted by atomic mass is 16.6. The minimum absolute atomic E-state index is 0.0210. The summed E-state index contributed by atoms with van der Waals surface area (Å²) in [4.78, 5) is 25.9. The van der Waals surface area contributed by atoms with Crippen LogP contribution < -0.4 is 4.90 Å². The van der Waals surface area contributed by atoms with Gasteiger partial charge in [-0.05, 0) is 12.5 Å². The number of rotatable bonds is 2. The maximum Gasteiger partial charge on any atom is 0.415 e. The number of hydrogen-bond donors (Lipinski definition) is 0. The highest BCUT2D eigenvalue weighted by Gasteiger charge is 2.33. The second-order valence-corrected chi connectivity index (χ2v) is 5.27. The maximum atomic E-state index is 12.4. The van der Waals surface area contributed by atoms with Gasteiger partial charge >= 0.3 is 6.09 Å². The smallest absolute Gasteiger partial charge is 0.415 e. The molecule has 2 aromatic rings. The zero-order chi connectivity index (χ0) is 15.7. The van der Waals surface area contributed by atoms with Crippen LogP contribution in [0.25, 0.3) is 0 Å². The molecule has 0 unspecified atom stereocenters. The van der Waals surface area contributed by atoms with Crippen molar-refractivity contribution in [1.82, 2.24) is 9.78 Å². The van der Waals surface area contributed by atoms with Crippen molar-refractivity contribution in [3.63, 3.8) is 0 Å².